The first-order valence-corrected chi connectivity index (χ1v) is 9.20. The Morgan fingerprint density at radius 3 is 2.00 bits per heavy atom. The molecular formula is C21H23N3O3. The molecule has 0 spiro atoms. The largest absolute Gasteiger partial charge is 0.322 e. The molecule has 3 amide bonds. The summed E-state index contributed by atoms with van der Waals surface area (Å²) in [4.78, 5) is 36.4. The SMILES string of the molecule is O=C(NNC(=O)C1CCCCC1)c1ccc(NC(=O)c2ccccc2)cc1. The minimum Gasteiger partial charge on any atom is -0.322 e. The maximum atomic E-state index is 12.2. The highest BCUT2D eigenvalue weighted by Gasteiger charge is 2.21. The number of anilines is 1. The Morgan fingerprint density at radius 1 is 0.704 bits per heavy atom. The predicted molar refractivity (Wildman–Crippen MR) is 103 cm³/mol. The summed E-state index contributed by atoms with van der Waals surface area (Å²) in [5.41, 5.74) is 6.52. The molecule has 1 saturated carbocycles. The second kappa shape index (κ2) is 8.98. The van der Waals surface area contributed by atoms with Crippen molar-refractivity contribution in [3.63, 3.8) is 0 Å². The average Bonchev–Trinajstić information content (AvgIpc) is 2.73. The van der Waals surface area contributed by atoms with Crippen LogP contribution in [0.2, 0.25) is 0 Å². The molecular weight excluding hydrogens is 342 g/mol. The van der Waals surface area contributed by atoms with Gasteiger partial charge in [0.2, 0.25) is 5.91 Å². The van der Waals surface area contributed by atoms with Gasteiger partial charge in [-0.15, -0.1) is 0 Å². The van der Waals surface area contributed by atoms with Crippen LogP contribution in [0.5, 0.6) is 0 Å². The third-order valence-electron chi connectivity index (χ3n) is 4.72. The Bertz CT molecular complexity index is 797. The highest BCUT2D eigenvalue weighted by atomic mass is 16.2. The molecule has 2 aromatic carbocycles. The molecule has 2 aromatic rings. The van der Waals surface area contributed by atoms with E-state index in [9.17, 15) is 14.4 Å². The molecule has 0 unspecified atom stereocenters. The summed E-state index contributed by atoms with van der Waals surface area (Å²) in [6.07, 6.45) is 5.03. The molecule has 0 radical (unpaired) electrons. The molecule has 0 atom stereocenters. The lowest BCUT2D eigenvalue weighted by Gasteiger charge is -2.20. The first kappa shape index (κ1) is 18.6. The van der Waals surface area contributed by atoms with Crippen LogP contribution in [0.4, 0.5) is 5.69 Å². The van der Waals surface area contributed by atoms with Gasteiger partial charge in [0.1, 0.15) is 0 Å². The third kappa shape index (κ3) is 5.17. The zero-order valence-electron chi connectivity index (χ0n) is 15.0. The lowest BCUT2D eigenvalue weighted by molar-refractivity contribution is -0.126. The van der Waals surface area contributed by atoms with Crippen LogP contribution in [0.1, 0.15) is 52.8 Å². The van der Waals surface area contributed by atoms with Crippen molar-refractivity contribution in [2.24, 2.45) is 5.92 Å². The van der Waals surface area contributed by atoms with Gasteiger partial charge in [-0.3, -0.25) is 25.2 Å². The maximum absolute atomic E-state index is 12.2. The molecule has 0 aliphatic heterocycles. The van der Waals surface area contributed by atoms with Crippen LogP contribution in [0.15, 0.2) is 54.6 Å². The zero-order chi connectivity index (χ0) is 19.1. The van der Waals surface area contributed by atoms with Crippen LogP contribution in [0, 0.1) is 5.92 Å². The number of hydrazine groups is 1. The van der Waals surface area contributed by atoms with Crippen LogP contribution in [-0.2, 0) is 4.79 Å². The van der Waals surface area contributed by atoms with Gasteiger partial charge >= 0.3 is 0 Å². The molecule has 1 aliphatic rings. The molecule has 0 bridgehead atoms. The Labute approximate surface area is 158 Å². The standard InChI is InChI=1S/C21H23N3O3/c25-19(15-7-3-1-4-8-15)22-18-13-11-17(12-14-18)21(27)24-23-20(26)16-9-5-2-6-10-16/h1,3-4,7-8,11-14,16H,2,5-6,9-10H2,(H,22,25)(H,23,26)(H,24,27). The van der Waals surface area contributed by atoms with Crippen molar-refractivity contribution in [2.45, 2.75) is 32.1 Å². The number of rotatable bonds is 4. The fraction of sp³-hybridized carbons (Fsp3) is 0.286. The molecule has 6 nitrogen and oxygen atoms in total. The van der Waals surface area contributed by atoms with Gasteiger partial charge in [-0.05, 0) is 49.2 Å². The Kier molecular flexibility index (Phi) is 6.20. The Hall–Kier alpha value is -3.15. The van der Waals surface area contributed by atoms with E-state index in [-0.39, 0.29) is 23.6 Å². The van der Waals surface area contributed by atoms with Crippen molar-refractivity contribution in [1.82, 2.24) is 10.9 Å². The van der Waals surface area contributed by atoms with Crippen LogP contribution in [0.25, 0.3) is 0 Å². The molecule has 140 valence electrons. The van der Waals surface area contributed by atoms with Gasteiger partial charge < -0.3 is 5.32 Å². The summed E-state index contributed by atoms with van der Waals surface area (Å²) in [6, 6.07) is 15.4. The number of hydrogen-bond acceptors (Lipinski definition) is 3. The van der Waals surface area contributed by atoms with E-state index in [1.807, 2.05) is 6.07 Å². The molecule has 27 heavy (non-hydrogen) atoms. The molecule has 0 saturated heterocycles. The van der Waals surface area contributed by atoms with Crippen molar-refractivity contribution in [1.29, 1.82) is 0 Å². The van der Waals surface area contributed by atoms with Crippen molar-refractivity contribution in [3.05, 3.63) is 65.7 Å². The topological polar surface area (TPSA) is 87.3 Å². The van der Waals surface area contributed by atoms with E-state index in [1.165, 1.54) is 6.42 Å². The number of benzene rings is 2. The lowest BCUT2D eigenvalue weighted by Crippen LogP contribution is -2.44. The molecule has 0 heterocycles. The normalized spacial score (nSPS) is 14.2. The van der Waals surface area contributed by atoms with Crippen LogP contribution >= 0.6 is 0 Å². The molecule has 3 rings (SSSR count). The second-order valence-electron chi connectivity index (χ2n) is 6.68. The molecule has 1 aliphatic carbocycles. The number of carbonyl (C=O) groups is 3. The zero-order valence-corrected chi connectivity index (χ0v) is 15.0. The van der Waals surface area contributed by atoms with Gasteiger partial charge in [-0.25, -0.2) is 0 Å². The second-order valence-corrected chi connectivity index (χ2v) is 6.68. The van der Waals surface area contributed by atoms with Crippen LogP contribution in [-0.4, -0.2) is 17.7 Å². The average molecular weight is 365 g/mol. The summed E-state index contributed by atoms with van der Waals surface area (Å²) in [5, 5.41) is 2.78. The molecule has 3 N–H and O–H groups in total. The Morgan fingerprint density at radius 2 is 1.33 bits per heavy atom. The summed E-state index contributed by atoms with van der Waals surface area (Å²) in [6.45, 7) is 0. The minimum absolute atomic E-state index is 0.0189. The summed E-state index contributed by atoms with van der Waals surface area (Å²) in [7, 11) is 0. The van der Waals surface area contributed by atoms with E-state index < -0.39 is 0 Å². The van der Waals surface area contributed by atoms with Crippen molar-refractivity contribution < 1.29 is 14.4 Å². The van der Waals surface area contributed by atoms with Gasteiger partial charge in [0.25, 0.3) is 11.8 Å². The van der Waals surface area contributed by atoms with Crippen LogP contribution < -0.4 is 16.2 Å². The van der Waals surface area contributed by atoms with Gasteiger partial charge in [0.15, 0.2) is 0 Å². The minimum atomic E-state index is -0.389. The van der Waals surface area contributed by atoms with E-state index in [0.29, 0.717) is 16.8 Å². The molecule has 0 aromatic heterocycles. The van der Waals surface area contributed by atoms with Crippen molar-refractivity contribution >= 4 is 23.4 Å². The van der Waals surface area contributed by atoms with E-state index in [2.05, 4.69) is 16.2 Å². The van der Waals surface area contributed by atoms with Gasteiger partial charge in [0, 0.05) is 22.7 Å². The third-order valence-corrected chi connectivity index (χ3v) is 4.72. The fourth-order valence-electron chi connectivity index (χ4n) is 3.16. The highest BCUT2D eigenvalue weighted by Crippen LogP contribution is 2.23. The summed E-state index contributed by atoms with van der Waals surface area (Å²) < 4.78 is 0. The first-order valence-electron chi connectivity index (χ1n) is 9.20. The lowest BCUT2D eigenvalue weighted by atomic mass is 9.89. The predicted octanol–water partition coefficient (Wildman–Crippen LogP) is 3.28. The van der Waals surface area contributed by atoms with Crippen molar-refractivity contribution in [2.75, 3.05) is 5.32 Å². The van der Waals surface area contributed by atoms with E-state index in [1.54, 1.807) is 48.5 Å². The molecule has 6 heteroatoms. The smallest absolute Gasteiger partial charge is 0.269 e. The Balaban J connectivity index is 1.51. The number of nitrogens with one attached hydrogen (secondary N) is 3. The van der Waals surface area contributed by atoms with Gasteiger partial charge in [-0.1, -0.05) is 37.5 Å². The molecule has 1 fully saturated rings. The summed E-state index contributed by atoms with van der Waals surface area (Å²) >= 11 is 0. The van der Waals surface area contributed by atoms with Crippen molar-refractivity contribution in [3.8, 4) is 0 Å². The number of hydrogen-bond donors (Lipinski definition) is 3. The van der Waals surface area contributed by atoms with Gasteiger partial charge in [-0.2, -0.15) is 0 Å². The number of amides is 3. The number of carbonyl (C=O) groups excluding carboxylic acids is 3. The maximum Gasteiger partial charge on any atom is 0.269 e. The fourth-order valence-corrected chi connectivity index (χ4v) is 3.16. The van der Waals surface area contributed by atoms with Gasteiger partial charge in [0.05, 0.1) is 0 Å². The monoisotopic (exact) mass is 365 g/mol. The first-order chi connectivity index (χ1) is 13.1. The highest BCUT2D eigenvalue weighted by molar-refractivity contribution is 6.04. The summed E-state index contributed by atoms with van der Waals surface area (Å²) in [5.74, 6) is -0.753. The van der Waals surface area contributed by atoms with E-state index in [4.69, 9.17) is 0 Å². The quantitative estimate of drug-likeness (QED) is 0.727. The van der Waals surface area contributed by atoms with Crippen LogP contribution in [0.3, 0.4) is 0 Å². The van der Waals surface area contributed by atoms with E-state index in [0.717, 1.165) is 25.7 Å². The van der Waals surface area contributed by atoms with E-state index >= 15 is 0 Å².